The summed E-state index contributed by atoms with van der Waals surface area (Å²) < 4.78 is 0. The van der Waals surface area contributed by atoms with Gasteiger partial charge in [0.1, 0.15) is 5.00 Å². The molecule has 1 aromatic heterocycles. The third-order valence-corrected chi connectivity index (χ3v) is 5.88. The number of nitrogens with two attached hydrogens (primary N) is 1. The van der Waals surface area contributed by atoms with E-state index in [2.05, 4.69) is 5.32 Å². The van der Waals surface area contributed by atoms with Gasteiger partial charge in [-0.3, -0.25) is 9.59 Å². The molecule has 5 nitrogen and oxygen atoms in total. The molecule has 0 spiro atoms. The molecule has 0 aliphatic heterocycles. The van der Waals surface area contributed by atoms with E-state index < -0.39 is 0 Å². The molecule has 3 N–H and O–H groups in total. The minimum Gasteiger partial charge on any atom is -0.341 e. The fourth-order valence-corrected chi connectivity index (χ4v) is 4.22. The van der Waals surface area contributed by atoms with Gasteiger partial charge in [0.05, 0.1) is 5.56 Å². The van der Waals surface area contributed by atoms with Gasteiger partial charge >= 0.3 is 0 Å². The molecule has 1 heterocycles. The summed E-state index contributed by atoms with van der Waals surface area (Å²) in [6.07, 6.45) is 3.27. The molecule has 3 rings (SSSR count). The number of rotatable bonds is 6. The van der Waals surface area contributed by atoms with Crippen LogP contribution in [0.25, 0.3) is 0 Å². The Kier molecular flexibility index (Phi) is 7.26. The molecule has 152 valence electrons. The zero-order valence-corrected chi connectivity index (χ0v) is 18.2. The van der Waals surface area contributed by atoms with Crippen LogP contribution in [0.2, 0.25) is 0 Å². The summed E-state index contributed by atoms with van der Waals surface area (Å²) in [5.74, 6) is -0.284. The predicted octanol–water partition coefficient (Wildman–Crippen LogP) is 3.97. The van der Waals surface area contributed by atoms with E-state index in [1.54, 1.807) is 18.0 Å². The van der Waals surface area contributed by atoms with Crippen molar-refractivity contribution < 1.29 is 9.59 Å². The SMILES string of the molecule is CN(CC(C)(C)CN)C(=O)c1ccsc1NC(=O)c1ccc2c(c1)CCC2.Cl. The number of carbonyl (C=O) groups excluding carboxylic acids is 2. The molecule has 0 unspecified atom stereocenters. The second-order valence-corrected chi connectivity index (χ2v) is 8.90. The van der Waals surface area contributed by atoms with Crippen LogP contribution < -0.4 is 11.1 Å². The molecule has 0 fully saturated rings. The molecule has 0 bridgehead atoms. The van der Waals surface area contributed by atoms with Crippen molar-refractivity contribution in [2.45, 2.75) is 33.1 Å². The van der Waals surface area contributed by atoms with Crippen molar-refractivity contribution in [3.63, 3.8) is 0 Å². The van der Waals surface area contributed by atoms with E-state index >= 15 is 0 Å². The van der Waals surface area contributed by atoms with Crippen molar-refractivity contribution in [3.05, 3.63) is 51.9 Å². The Labute approximate surface area is 176 Å². The first-order valence-electron chi connectivity index (χ1n) is 9.27. The first-order valence-corrected chi connectivity index (χ1v) is 10.1. The largest absolute Gasteiger partial charge is 0.341 e. The highest BCUT2D eigenvalue weighted by Crippen LogP contribution is 2.27. The molecule has 1 aromatic carbocycles. The lowest BCUT2D eigenvalue weighted by atomic mass is 9.93. The monoisotopic (exact) mass is 421 g/mol. The molecule has 0 atom stereocenters. The van der Waals surface area contributed by atoms with Gasteiger partial charge in [0.15, 0.2) is 0 Å². The van der Waals surface area contributed by atoms with Crippen molar-refractivity contribution in [3.8, 4) is 0 Å². The van der Waals surface area contributed by atoms with Crippen molar-refractivity contribution in [1.29, 1.82) is 0 Å². The third kappa shape index (κ3) is 4.93. The normalized spacial score (nSPS) is 12.9. The zero-order chi connectivity index (χ0) is 19.6. The van der Waals surface area contributed by atoms with Crippen LogP contribution in [0.15, 0.2) is 29.6 Å². The Bertz CT molecular complexity index is 863. The number of benzene rings is 1. The van der Waals surface area contributed by atoms with Crippen LogP contribution in [0.5, 0.6) is 0 Å². The number of carbonyl (C=O) groups is 2. The van der Waals surface area contributed by atoms with E-state index in [-0.39, 0.29) is 29.6 Å². The molecule has 28 heavy (non-hydrogen) atoms. The maximum atomic E-state index is 12.8. The molecule has 7 heteroatoms. The number of halogens is 1. The van der Waals surface area contributed by atoms with Crippen LogP contribution in [0.3, 0.4) is 0 Å². The van der Waals surface area contributed by atoms with Crippen molar-refractivity contribution >= 4 is 40.6 Å². The molecular weight excluding hydrogens is 394 g/mol. The maximum Gasteiger partial charge on any atom is 0.256 e. The Balaban J connectivity index is 0.00000280. The summed E-state index contributed by atoms with van der Waals surface area (Å²) in [5, 5.41) is 5.33. The van der Waals surface area contributed by atoms with Gasteiger partial charge in [0, 0.05) is 19.2 Å². The van der Waals surface area contributed by atoms with Crippen molar-refractivity contribution in [1.82, 2.24) is 4.90 Å². The maximum absolute atomic E-state index is 12.8. The summed E-state index contributed by atoms with van der Waals surface area (Å²) in [6.45, 7) is 5.11. The number of fused-ring (bicyclic) bond motifs is 1. The molecule has 0 saturated carbocycles. The fourth-order valence-electron chi connectivity index (χ4n) is 3.45. The number of aryl methyl sites for hydroxylation is 2. The Morgan fingerprint density at radius 3 is 2.64 bits per heavy atom. The van der Waals surface area contributed by atoms with Crippen LogP contribution in [0, 0.1) is 5.41 Å². The van der Waals surface area contributed by atoms with Gasteiger partial charge in [0.25, 0.3) is 11.8 Å². The number of amides is 2. The highest BCUT2D eigenvalue weighted by atomic mass is 35.5. The molecular formula is C21H28ClN3O2S. The number of anilines is 1. The molecule has 0 radical (unpaired) electrons. The lowest BCUT2D eigenvalue weighted by Gasteiger charge is -2.29. The molecule has 2 amide bonds. The predicted molar refractivity (Wildman–Crippen MR) is 118 cm³/mol. The average molecular weight is 422 g/mol. The Hall–Kier alpha value is -1.89. The lowest BCUT2D eigenvalue weighted by Crippen LogP contribution is -2.39. The van der Waals surface area contributed by atoms with Gasteiger partial charge in [-0.05, 0) is 65.9 Å². The second kappa shape index (κ2) is 9.07. The van der Waals surface area contributed by atoms with E-state index in [1.165, 1.54) is 22.5 Å². The van der Waals surface area contributed by atoms with Crippen LogP contribution in [-0.2, 0) is 12.8 Å². The Morgan fingerprint density at radius 1 is 1.21 bits per heavy atom. The number of hydrogen-bond donors (Lipinski definition) is 2. The second-order valence-electron chi connectivity index (χ2n) is 7.98. The summed E-state index contributed by atoms with van der Waals surface area (Å²) in [6, 6.07) is 7.64. The topological polar surface area (TPSA) is 75.4 Å². The van der Waals surface area contributed by atoms with E-state index in [0.29, 0.717) is 29.2 Å². The summed E-state index contributed by atoms with van der Waals surface area (Å²) >= 11 is 1.36. The Morgan fingerprint density at radius 2 is 1.93 bits per heavy atom. The quantitative estimate of drug-likeness (QED) is 0.740. The molecule has 2 aromatic rings. The first kappa shape index (κ1) is 22.4. The highest BCUT2D eigenvalue weighted by molar-refractivity contribution is 7.14. The minimum absolute atomic E-state index is 0. The summed E-state index contributed by atoms with van der Waals surface area (Å²) in [5.41, 5.74) is 9.37. The molecule has 1 aliphatic rings. The smallest absolute Gasteiger partial charge is 0.256 e. The minimum atomic E-state index is -0.175. The van der Waals surface area contributed by atoms with Gasteiger partial charge < -0.3 is 16.0 Å². The number of nitrogens with zero attached hydrogens (tertiary/aromatic N) is 1. The summed E-state index contributed by atoms with van der Waals surface area (Å²) in [4.78, 5) is 27.2. The first-order chi connectivity index (χ1) is 12.8. The van der Waals surface area contributed by atoms with Gasteiger partial charge in [-0.1, -0.05) is 19.9 Å². The van der Waals surface area contributed by atoms with E-state index in [0.717, 1.165) is 19.3 Å². The van der Waals surface area contributed by atoms with Crippen LogP contribution in [-0.4, -0.2) is 36.9 Å². The van der Waals surface area contributed by atoms with Crippen molar-refractivity contribution in [2.24, 2.45) is 11.1 Å². The molecule has 1 aliphatic carbocycles. The van der Waals surface area contributed by atoms with Crippen LogP contribution in [0.1, 0.15) is 52.1 Å². The number of hydrogen-bond acceptors (Lipinski definition) is 4. The van der Waals surface area contributed by atoms with E-state index in [9.17, 15) is 9.59 Å². The molecule has 0 saturated heterocycles. The van der Waals surface area contributed by atoms with Gasteiger partial charge in [0.2, 0.25) is 0 Å². The summed E-state index contributed by atoms with van der Waals surface area (Å²) in [7, 11) is 1.77. The van der Waals surface area contributed by atoms with E-state index in [4.69, 9.17) is 5.73 Å². The lowest BCUT2D eigenvalue weighted by molar-refractivity contribution is 0.0742. The number of thiophene rings is 1. The zero-order valence-electron chi connectivity index (χ0n) is 16.6. The average Bonchev–Trinajstić information content (AvgIpc) is 3.28. The van der Waals surface area contributed by atoms with Crippen LogP contribution >= 0.6 is 23.7 Å². The van der Waals surface area contributed by atoms with Gasteiger partial charge in [-0.2, -0.15) is 0 Å². The highest BCUT2D eigenvalue weighted by Gasteiger charge is 2.24. The van der Waals surface area contributed by atoms with Crippen LogP contribution in [0.4, 0.5) is 5.00 Å². The van der Waals surface area contributed by atoms with E-state index in [1.807, 2.05) is 37.4 Å². The number of nitrogens with one attached hydrogen (secondary N) is 1. The van der Waals surface area contributed by atoms with Gasteiger partial charge in [-0.25, -0.2) is 0 Å². The standard InChI is InChI=1S/C21H27N3O2S.ClH/c1-21(2,12-22)13-24(3)20(26)17-9-10-27-19(17)23-18(25)16-8-7-14-5-4-6-15(14)11-16;/h7-11H,4-6,12-13,22H2,1-3H3,(H,23,25);1H. The van der Waals surface area contributed by atoms with Gasteiger partial charge in [-0.15, -0.1) is 23.7 Å². The third-order valence-electron chi connectivity index (χ3n) is 5.05. The van der Waals surface area contributed by atoms with Crippen molar-refractivity contribution in [2.75, 3.05) is 25.5 Å². The fraction of sp³-hybridized carbons (Fsp3) is 0.429.